The molecule has 0 unspecified atom stereocenters. The van der Waals surface area contributed by atoms with Crippen molar-refractivity contribution in [2.75, 3.05) is 26.2 Å². The van der Waals surface area contributed by atoms with Gasteiger partial charge in [-0.1, -0.05) is 71.9 Å². The summed E-state index contributed by atoms with van der Waals surface area (Å²) in [7, 11) is 0. The molecule has 2 heterocycles. The Balaban J connectivity index is 1.43. The Morgan fingerprint density at radius 3 is 2.19 bits per heavy atom. The maximum Gasteiger partial charge on any atom is 0.290 e. The van der Waals surface area contributed by atoms with Gasteiger partial charge < -0.3 is 9.32 Å². The number of hydrogen-bond donors (Lipinski definition) is 0. The van der Waals surface area contributed by atoms with E-state index in [4.69, 9.17) is 4.42 Å². The normalized spacial score (nSPS) is 18.5. The van der Waals surface area contributed by atoms with Crippen LogP contribution in [0.15, 0.2) is 52.9 Å². The van der Waals surface area contributed by atoms with Gasteiger partial charge in [-0.05, 0) is 76.6 Å². The molecule has 0 radical (unpaired) electrons. The van der Waals surface area contributed by atoms with Crippen LogP contribution in [0.3, 0.4) is 0 Å². The minimum absolute atomic E-state index is 0.00817. The molecule has 222 valence electrons. The van der Waals surface area contributed by atoms with Gasteiger partial charge in [-0.3, -0.25) is 4.79 Å². The third-order valence-electron chi connectivity index (χ3n) is 9.70. The number of nitrogens with zero attached hydrogens (tertiary/aromatic N) is 4. The molecule has 1 saturated heterocycles. The third-order valence-corrected chi connectivity index (χ3v) is 9.70. The van der Waals surface area contributed by atoms with Crippen molar-refractivity contribution in [3.63, 3.8) is 0 Å². The molecule has 42 heavy (non-hydrogen) atoms. The molecular formula is C36H46N4O2. The smallest absolute Gasteiger partial charge is 0.290 e. The van der Waals surface area contributed by atoms with E-state index in [2.05, 4.69) is 76.7 Å². The molecule has 1 aliphatic carbocycles. The second-order valence-corrected chi connectivity index (χ2v) is 13.4. The van der Waals surface area contributed by atoms with Crippen molar-refractivity contribution in [2.24, 2.45) is 0 Å². The largest absolute Gasteiger partial charge is 0.456 e. The Labute approximate surface area is 251 Å². The lowest BCUT2D eigenvalue weighted by atomic mass is 9.62. The van der Waals surface area contributed by atoms with Gasteiger partial charge in [-0.15, -0.1) is 0 Å². The lowest BCUT2D eigenvalue weighted by Gasteiger charge is -2.42. The lowest BCUT2D eigenvalue weighted by Crippen LogP contribution is -2.43. The number of nitriles is 1. The summed E-state index contributed by atoms with van der Waals surface area (Å²) in [4.78, 5) is 16.0. The van der Waals surface area contributed by atoms with E-state index in [1.165, 1.54) is 35.1 Å². The van der Waals surface area contributed by atoms with Gasteiger partial charge in [0.2, 0.25) is 0 Å². The minimum Gasteiger partial charge on any atom is -0.456 e. The first-order valence-corrected chi connectivity index (χ1v) is 15.5. The zero-order valence-electron chi connectivity index (χ0n) is 26.5. The first-order chi connectivity index (χ1) is 20.0. The Morgan fingerprint density at radius 1 is 0.952 bits per heavy atom. The molecule has 5 rings (SSSR count). The van der Waals surface area contributed by atoms with E-state index in [0.29, 0.717) is 24.3 Å². The fourth-order valence-electron chi connectivity index (χ4n) is 6.82. The average Bonchev–Trinajstić information content (AvgIpc) is 3.62. The van der Waals surface area contributed by atoms with Gasteiger partial charge in [0.05, 0.1) is 17.7 Å². The van der Waals surface area contributed by atoms with Gasteiger partial charge in [0, 0.05) is 39.1 Å². The molecule has 6 nitrogen and oxygen atoms in total. The number of hydrogen-bond acceptors (Lipinski definition) is 5. The second kappa shape index (κ2) is 11.7. The highest BCUT2D eigenvalue weighted by Gasteiger charge is 2.38. The molecule has 0 spiro atoms. The Bertz CT molecular complexity index is 1480. The average molecular weight is 567 g/mol. The van der Waals surface area contributed by atoms with Crippen LogP contribution in [0.2, 0.25) is 0 Å². The number of furan rings is 1. The fourth-order valence-corrected chi connectivity index (χ4v) is 6.82. The maximum atomic E-state index is 14.1. The molecule has 0 atom stereocenters. The van der Waals surface area contributed by atoms with E-state index in [9.17, 15) is 10.1 Å². The summed E-state index contributed by atoms with van der Waals surface area (Å²) in [6.07, 6.45) is 3.01. The molecule has 1 aromatic heterocycles. The molecule has 1 fully saturated rings. The van der Waals surface area contributed by atoms with Crippen LogP contribution in [0.25, 0.3) is 0 Å². The topological polar surface area (TPSA) is 63.7 Å². The molecule has 1 aliphatic heterocycles. The quantitative estimate of drug-likeness (QED) is 0.294. The molecule has 0 saturated carbocycles. The van der Waals surface area contributed by atoms with Gasteiger partial charge in [0.1, 0.15) is 5.76 Å². The number of aryl methyl sites for hydroxylation is 1. The number of fused-ring (bicyclic) bond motifs is 1. The second-order valence-electron chi connectivity index (χ2n) is 13.4. The summed E-state index contributed by atoms with van der Waals surface area (Å²) in [5.74, 6) is 1.02. The SMILES string of the molecule is CCN1CC(N(Cc2ccccc2C#N)C(=O)c2ccc(Cc3cc4c(cc3C)C(C)(C)CCC4(C)C)o2)CN1CC. The van der Waals surface area contributed by atoms with Gasteiger partial charge in [-0.25, -0.2) is 10.0 Å². The van der Waals surface area contributed by atoms with Crippen LogP contribution < -0.4 is 0 Å². The summed E-state index contributed by atoms with van der Waals surface area (Å²) in [6.45, 7) is 19.6. The molecule has 6 heteroatoms. The molecule has 2 aromatic carbocycles. The lowest BCUT2D eigenvalue weighted by molar-refractivity contribution is 0.0388. The summed E-state index contributed by atoms with van der Waals surface area (Å²) in [5, 5.41) is 14.3. The number of amides is 1. The van der Waals surface area contributed by atoms with Crippen molar-refractivity contribution in [1.29, 1.82) is 5.26 Å². The van der Waals surface area contributed by atoms with Crippen LogP contribution in [0.5, 0.6) is 0 Å². The van der Waals surface area contributed by atoms with Gasteiger partial charge in [-0.2, -0.15) is 5.26 Å². The minimum atomic E-state index is -0.127. The monoisotopic (exact) mass is 566 g/mol. The van der Waals surface area contributed by atoms with Crippen molar-refractivity contribution in [2.45, 2.75) is 91.1 Å². The fraction of sp³-hybridized carbons (Fsp3) is 0.500. The van der Waals surface area contributed by atoms with Crippen molar-refractivity contribution in [3.8, 4) is 6.07 Å². The molecule has 2 aliphatic rings. The van der Waals surface area contributed by atoms with E-state index < -0.39 is 0 Å². The Hall–Kier alpha value is -3.40. The van der Waals surface area contributed by atoms with Crippen LogP contribution in [0, 0.1) is 18.3 Å². The van der Waals surface area contributed by atoms with Crippen LogP contribution in [0.1, 0.15) is 104 Å². The van der Waals surface area contributed by atoms with Crippen molar-refractivity contribution in [1.82, 2.24) is 14.9 Å². The van der Waals surface area contributed by atoms with Crippen molar-refractivity contribution < 1.29 is 9.21 Å². The summed E-state index contributed by atoms with van der Waals surface area (Å²) >= 11 is 0. The zero-order chi connectivity index (χ0) is 30.2. The van der Waals surface area contributed by atoms with E-state index in [1.54, 1.807) is 0 Å². The Morgan fingerprint density at radius 2 is 1.57 bits per heavy atom. The van der Waals surface area contributed by atoms with Crippen molar-refractivity contribution >= 4 is 5.91 Å². The third kappa shape index (κ3) is 5.78. The van der Waals surface area contributed by atoms with Crippen LogP contribution in [0.4, 0.5) is 0 Å². The molecule has 1 amide bonds. The van der Waals surface area contributed by atoms with Gasteiger partial charge in [0.15, 0.2) is 5.76 Å². The number of benzene rings is 2. The summed E-state index contributed by atoms with van der Waals surface area (Å²) in [5.41, 5.74) is 7.18. The highest BCUT2D eigenvalue weighted by molar-refractivity contribution is 5.92. The molecule has 0 bridgehead atoms. The number of likely N-dealkylation sites (N-methyl/N-ethyl adjacent to an activating group) is 2. The van der Waals surface area contributed by atoms with Crippen LogP contribution >= 0.6 is 0 Å². The van der Waals surface area contributed by atoms with E-state index in [0.717, 1.165) is 37.5 Å². The number of carbonyl (C=O) groups excluding carboxylic acids is 1. The van der Waals surface area contributed by atoms with Crippen molar-refractivity contribution in [3.05, 3.63) is 93.4 Å². The van der Waals surface area contributed by atoms with Crippen LogP contribution in [-0.4, -0.2) is 53.0 Å². The number of hydrazine groups is 1. The zero-order valence-corrected chi connectivity index (χ0v) is 26.5. The highest BCUT2D eigenvalue weighted by atomic mass is 16.4. The van der Waals surface area contributed by atoms with Crippen LogP contribution in [-0.2, 0) is 23.8 Å². The summed E-state index contributed by atoms with van der Waals surface area (Å²) in [6, 6.07) is 18.4. The van der Waals surface area contributed by atoms with Gasteiger partial charge >= 0.3 is 0 Å². The molecular weight excluding hydrogens is 520 g/mol. The first-order valence-electron chi connectivity index (χ1n) is 15.5. The summed E-state index contributed by atoms with van der Waals surface area (Å²) < 4.78 is 6.30. The van der Waals surface area contributed by atoms with E-state index >= 15 is 0 Å². The number of carbonyl (C=O) groups is 1. The molecule has 3 aromatic rings. The number of rotatable bonds is 8. The van der Waals surface area contributed by atoms with E-state index in [-0.39, 0.29) is 22.8 Å². The predicted molar refractivity (Wildman–Crippen MR) is 167 cm³/mol. The molecule has 0 N–H and O–H groups in total. The first kappa shape index (κ1) is 30.1. The predicted octanol–water partition coefficient (Wildman–Crippen LogP) is 6.98. The Kier molecular flexibility index (Phi) is 8.38. The highest BCUT2D eigenvalue weighted by Crippen LogP contribution is 2.46. The van der Waals surface area contributed by atoms with E-state index in [1.807, 2.05) is 41.3 Å². The maximum absolute atomic E-state index is 14.1. The van der Waals surface area contributed by atoms with Gasteiger partial charge in [0.25, 0.3) is 5.91 Å². The standard InChI is InChI=1S/C36H46N4O2/c1-8-38-23-29(24-39(38)9-2)40(22-27-13-11-10-12-26(27)21-37)34(41)33-15-14-30(42-33)19-28-20-32-31(18-25(28)3)35(4,5)16-17-36(32,6)7/h10-15,18,20,29H,8-9,16-17,19,22-24H2,1-7H3.